The van der Waals surface area contributed by atoms with E-state index in [2.05, 4.69) is 254 Å². The van der Waals surface area contributed by atoms with E-state index < -0.39 is 5.41 Å². The van der Waals surface area contributed by atoms with Crippen LogP contribution >= 0.6 is 0 Å². The van der Waals surface area contributed by atoms with Crippen molar-refractivity contribution < 1.29 is 0 Å². The molecule has 10 aromatic carbocycles. The number of benzene rings is 10. The third kappa shape index (κ3) is 4.89. The summed E-state index contributed by atoms with van der Waals surface area (Å²) in [5, 5.41) is 0. The summed E-state index contributed by atoms with van der Waals surface area (Å²) in [6, 6.07) is 88.4. The third-order valence-corrected chi connectivity index (χ3v) is 15.3. The number of hydrogen-bond acceptors (Lipinski definition) is 1. The van der Waals surface area contributed by atoms with Crippen molar-refractivity contribution in [1.29, 1.82) is 0 Å². The van der Waals surface area contributed by atoms with E-state index in [-0.39, 0.29) is 5.41 Å². The molecule has 0 saturated carbocycles. The molecule has 1 atom stereocenters. The standard InChI is InChI=1S/C65H43N/c1-64-55-29-12-10-25-48(55)50-27-18-28-51(63(50)64)52(54-39-43(35-37-56(54)64)42-19-4-2-5-20-42)40-44-21-8-9-24-47(44)45-36-38-58-53(41-45)49-26-11-13-30-57(49)65(58)59-31-14-16-33-61(59)66(46-22-6-3-7-23-46)62-34-17-15-32-60(62)65/h2-41H,1H3/b52-40-. The molecule has 1 unspecified atom stereocenters. The Bertz CT molecular complexity index is 3620. The van der Waals surface area contributed by atoms with Crippen molar-refractivity contribution in [3.05, 3.63) is 292 Å². The summed E-state index contributed by atoms with van der Waals surface area (Å²) in [5.41, 5.74) is 27.4. The Morgan fingerprint density at radius 2 is 0.833 bits per heavy atom. The van der Waals surface area contributed by atoms with E-state index in [1.807, 2.05) is 0 Å². The van der Waals surface area contributed by atoms with Crippen LogP contribution in [0.1, 0.15) is 62.6 Å². The van der Waals surface area contributed by atoms with Crippen LogP contribution in [0.4, 0.5) is 17.1 Å². The molecule has 0 aromatic heterocycles. The highest BCUT2D eigenvalue weighted by atomic mass is 15.2. The van der Waals surface area contributed by atoms with Crippen LogP contribution in [0, 0.1) is 0 Å². The highest BCUT2D eigenvalue weighted by molar-refractivity contribution is 6.04. The number of nitrogens with zero attached hydrogens (tertiary/aromatic N) is 1. The second kappa shape index (κ2) is 13.9. The van der Waals surface area contributed by atoms with E-state index >= 15 is 0 Å². The van der Waals surface area contributed by atoms with Crippen molar-refractivity contribution in [3.63, 3.8) is 0 Å². The lowest BCUT2D eigenvalue weighted by Gasteiger charge is -2.45. The van der Waals surface area contributed by atoms with E-state index in [4.69, 9.17) is 0 Å². The smallest absolute Gasteiger partial charge is 0.0754 e. The Kier molecular flexibility index (Phi) is 7.81. The first kappa shape index (κ1) is 37.1. The SMILES string of the molecule is CC12c3ccc(-c4ccccc4)cc3/C(=C\c3ccccc3-c3ccc4c(c3)-c3ccccc3C43c4ccccc4N(c4ccccc4)c4ccccc43)c3cccc(c31)-c1ccccc12. The summed E-state index contributed by atoms with van der Waals surface area (Å²) in [4.78, 5) is 2.45. The minimum Gasteiger partial charge on any atom is -0.310 e. The molecular weight excluding hydrogens is 795 g/mol. The molecule has 308 valence electrons. The maximum Gasteiger partial charge on any atom is 0.0754 e. The molecule has 1 heterocycles. The molecule has 1 spiro atoms. The van der Waals surface area contributed by atoms with E-state index in [0.29, 0.717) is 0 Å². The maximum atomic E-state index is 2.48. The summed E-state index contributed by atoms with van der Waals surface area (Å²) in [5.74, 6) is 0. The van der Waals surface area contributed by atoms with Crippen LogP contribution in [-0.4, -0.2) is 0 Å². The summed E-state index contributed by atoms with van der Waals surface area (Å²) < 4.78 is 0. The van der Waals surface area contributed by atoms with Gasteiger partial charge in [-0.2, -0.15) is 0 Å². The van der Waals surface area contributed by atoms with Gasteiger partial charge in [-0.3, -0.25) is 0 Å². The van der Waals surface area contributed by atoms with E-state index in [1.165, 1.54) is 117 Å². The molecule has 1 aliphatic heterocycles. The molecule has 0 fully saturated rings. The van der Waals surface area contributed by atoms with E-state index in [0.717, 1.165) is 5.69 Å². The fourth-order valence-electron chi connectivity index (χ4n) is 12.6. The van der Waals surface area contributed by atoms with E-state index in [9.17, 15) is 0 Å². The second-order valence-electron chi connectivity index (χ2n) is 18.4. The van der Waals surface area contributed by atoms with Gasteiger partial charge in [0.15, 0.2) is 0 Å². The largest absolute Gasteiger partial charge is 0.310 e. The van der Waals surface area contributed by atoms with Gasteiger partial charge < -0.3 is 4.90 Å². The van der Waals surface area contributed by atoms with Gasteiger partial charge in [0, 0.05) is 11.1 Å². The molecule has 4 aliphatic rings. The lowest BCUT2D eigenvalue weighted by Crippen LogP contribution is -2.36. The van der Waals surface area contributed by atoms with E-state index in [1.54, 1.807) is 0 Å². The molecule has 66 heavy (non-hydrogen) atoms. The minimum absolute atomic E-state index is 0.276. The first-order chi connectivity index (χ1) is 32.6. The van der Waals surface area contributed by atoms with Crippen molar-refractivity contribution in [3.8, 4) is 44.5 Å². The predicted molar refractivity (Wildman–Crippen MR) is 274 cm³/mol. The predicted octanol–water partition coefficient (Wildman–Crippen LogP) is 16.4. The van der Waals surface area contributed by atoms with Crippen molar-refractivity contribution in [2.24, 2.45) is 0 Å². The van der Waals surface area contributed by atoms with Crippen LogP contribution < -0.4 is 4.90 Å². The Hall–Kier alpha value is -8.26. The minimum atomic E-state index is -0.495. The normalized spacial score (nSPS) is 16.7. The average Bonchev–Trinajstić information content (AvgIpc) is 3.83. The van der Waals surface area contributed by atoms with Gasteiger partial charge in [-0.05, 0) is 155 Å². The molecule has 1 nitrogen and oxygen atoms in total. The maximum absolute atomic E-state index is 2.48. The highest BCUT2D eigenvalue weighted by Crippen LogP contribution is 2.64. The molecule has 3 aliphatic carbocycles. The van der Waals surface area contributed by atoms with Gasteiger partial charge in [0.25, 0.3) is 0 Å². The Balaban J connectivity index is 0.980. The van der Waals surface area contributed by atoms with Crippen molar-refractivity contribution >= 4 is 28.7 Å². The van der Waals surface area contributed by atoms with Gasteiger partial charge in [-0.1, -0.05) is 200 Å². The van der Waals surface area contributed by atoms with Gasteiger partial charge in [-0.15, -0.1) is 0 Å². The van der Waals surface area contributed by atoms with Gasteiger partial charge >= 0.3 is 0 Å². The van der Waals surface area contributed by atoms with Crippen molar-refractivity contribution in [1.82, 2.24) is 0 Å². The quantitative estimate of drug-likeness (QED) is 0.171. The monoisotopic (exact) mass is 837 g/mol. The zero-order chi connectivity index (χ0) is 43.6. The average molecular weight is 838 g/mol. The molecule has 10 aromatic rings. The van der Waals surface area contributed by atoms with Gasteiger partial charge in [-0.25, -0.2) is 0 Å². The first-order valence-corrected chi connectivity index (χ1v) is 23.2. The van der Waals surface area contributed by atoms with Gasteiger partial charge in [0.05, 0.1) is 16.8 Å². The number of para-hydroxylation sites is 3. The topological polar surface area (TPSA) is 3.24 Å². The number of fused-ring (bicyclic) bond motifs is 14. The van der Waals surface area contributed by atoms with Gasteiger partial charge in [0.2, 0.25) is 0 Å². The highest BCUT2D eigenvalue weighted by Gasteiger charge is 2.52. The van der Waals surface area contributed by atoms with Crippen LogP contribution in [-0.2, 0) is 10.8 Å². The summed E-state index contributed by atoms with van der Waals surface area (Å²) in [7, 11) is 0. The molecule has 14 rings (SSSR count). The summed E-state index contributed by atoms with van der Waals surface area (Å²) in [6.07, 6.45) is 2.48. The molecule has 0 saturated heterocycles. The molecule has 0 amide bonds. The van der Waals surface area contributed by atoms with Crippen LogP contribution in [0.2, 0.25) is 0 Å². The zero-order valence-electron chi connectivity index (χ0n) is 36.5. The summed E-state index contributed by atoms with van der Waals surface area (Å²) >= 11 is 0. The molecule has 1 heteroatoms. The van der Waals surface area contributed by atoms with Crippen LogP contribution in [0.5, 0.6) is 0 Å². The van der Waals surface area contributed by atoms with Crippen LogP contribution in [0.3, 0.4) is 0 Å². The fraction of sp³-hybridized carbons (Fsp3) is 0.0462. The Labute approximate surface area is 386 Å². The second-order valence-corrected chi connectivity index (χ2v) is 18.4. The molecule has 0 N–H and O–H groups in total. The van der Waals surface area contributed by atoms with Crippen molar-refractivity contribution in [2.75, 3.05) is 4.90 Å². The number of rotatable bonds is 4. The van der Waals surface area contributed by atoms with Crippen molar-refractivity contribution in [2.45, 2.75) is 17.8 Å². The number of anilines is 3. The summed E-state index contributed by atoms with van der Waals surface area (Å²) in [6.45, 7) is 2.45. The zero-order valence-corrected chi connectivity index (χ0v) is 36.5. The Morgan fingerprint density at radius 1 is 0.333 bits per heavy atom. The molecule has 0 bridgehead atoms. The third-order valence-electron chi connectivity index (χ3n) is 15.3. The lowest BCUT2D eigenvalue weighted by atomic mass is 9.64. The molecule has 0 radical (unpaired) electrons. The molecular formula is C65H43N. The Morgan fingerprint density at radius 3 is 1.58 bits per heavy atom. The number of hydrogen-bond donors (Lipinski definition) is 0. The van der Waals surface area contributed by atoms with Crippen LogP contribution in [0.25, 0.3) is 56.2 Å². The van der Waals surface area contributed by atoms with Gasteiger partial charge in [0.1, 0.15) is 0 Å². The first-order valence-electron chi connectivity index (χ1n) is 23.2. The fourth-order valence-corrected chi connectivity index (χ4v) is 12.6. The lowest BCUT2D eigenvalue weighted by molar-refractivity contribution is 0.702. The van der Waals surface area contributed by atoms with Crippen LogP contribution in [0.15, 0.2) is 237 Å².